The molecule has 0 spiro atoms. The molecular weight excluding hydrogens is 284 g/mol. The van der Waals surface area contributed by atoms with Crippen LogP contribution in [0.3, 0.4) is 0 Å². The molecule has 1 N–H and O–H groups in total. The van der Waals surface area contributed by atoms with Crippen LogP contribution >= 0.6 is 22.9 Å². The van der Waals surface area contributed by atoms with Crippen LogP contribution in [0.25, 0.3) is 0 Å². The highest BCUT2D eigenvalue weighted by Gasteiger charge is 2.26. The van der Waals surface area contributed by atoms with E-state index in [9.17, 15) is 4.79 Å². The Morgan fingerprint density at radius 1 is 1.53 bits per heavy atom. The molecule has 4 nitrogen and oxygen atoms in total. The molecule has 1 amide bonds. The van der Waals surface area contributed by atoms with E-state index in [1.165, 1.54) is 11.3 Å². The van der Waals surface area contributed by atoms with E-state index in [0.29, 0.717) is 23.2 Å². The third kappa shape index (κ3) is 2.72. The summed E-state index contributed by atoms with van der Waals surface area (Å²) in [5.74, 6) is 0.526. The molecule has 1 aliphatic heterocycles. The monoisotopic (exact) mass is 294 g/mol. The predicted octanol–water partition coefficient (Wildman–Crippen LogP) is 2.99. The lowest BCUT2D eigenvalue weighted by Crippen LogP contribution is -2.32. The Balaban J connectivity index is 1.72. The second-order valence-electron chi connectivity index (χ2n) is 4.29. The maximum absolute atomic E-state index is 12.1. The highest BCUT2D eigenvalue weighted by molar-refractivity contribution is 7.13. The number of thiazole rings is 1. The number of rotatable bonds is 2. The molecular formula is C13H11ClN2O2S. The predicted molar refractivity (Wildman–Crippen MR) is 74.9 cm³/mol. The molecule has 0 unspecified atom stereocenters. The van der Waals surface area contributed by atoms with E-state index in [1.54, 1.807) is 12.3 Å². The zero-order valence-corrected chi connectivity index (χ0v) is 11.5. The summed E-state index contributed by atoms with van der Waals surface area (Å²) < 4.78 is 5.59. The van der Waals surface area contributed by atoms with E-state index in [-0.39, 0.29) is 11.8 Å². The Labute approximate surface area is 119 Å². The molecule has 98 valence electrons. The Kier molecular flexibility index (Phi) is 3.40. The maximum atomic E-state index is 12.1. The number of nitrogens with one attached hydrogen (secondary N) is 1. The summed E-state index contributed by atoms with van der Waals surface area (Å²) in [6.45, 7) is 0.381. The lowest BCUT2D eigenvalue weighted by atomic mass is 9.96. The number of fused-ring (bicyclic) bond motifs is 1. The van der Waals surface area contributed by atoms with Crippen molar-refractivity contribution in [2.45, 2.75) is 6.42 Å². The molecule has 6 heteroatoms. The average molecular weight is 295 g/mol. The van der Waals surface area contributed by atoms with Gasteiger partial charge in [-0.25, -0.2) is 4.98 Å². The van der Waals surface area contributed by atoms with Gasteiger partial charge in [-0.3, -0.25) is 4.79 Å². The number of hydrogen-bond donors (Lipinski definition) is 1. The number of carbonyl (C=O) groups excluding carboxylic acids is 1. The topological polar surface area (TPSA) is 51.2 Å². The third-order valence-corrected chi connectivity index (χ3v) is 3.89. The second kappa shape index (κ2) is 5.19. The minimum Gasteiger partial charge on any atom is -0.492 e. The SMILES string of the molecule is O=C(Nc1nccs1)[C@@H]1COc2ccc(Cl)cc2C1. The molecule has 0 saturated carbocycles. The Morgan fingerprint density at radius 2 is 2.42 bits per heavy atom. The van der Waals surface area contributed by atoms with Crippen LogP contribution < -0.4 is 10.1 Å². The first kappa shape index (κ1) is 12.4. The van der Waals surface area contributed by atoms with Gasteiger partial charge in [0.05, 0.1) is 5.92 Å². The number of aromatic nitrogens is 1. The van der Waals surface area contributed by atoms with Gasteiger partial charge in [-0.2, -0.15) is 0 Å². The lowest BCUT2D eigenvalue weighted by Gasteiger charge is -2.24. The van der Waals surface area contributed by atoms with Crippen LogP contribution in [-0.4, -0.2) is 17.5 Å². The van der Waals surface area contributed by atoms with Crippen LogP contribution in [0.5, 0.6) is 5.75 Å². The maximum Gasteiger partial charge on any atom is 0.233 e. The van der Waals surface area contributed by atoms with Crippen molar-refractivity contribution in [3.05, 3.63) is 40.4 Å². The molecule has 0 radical (unpaired) electrons. The zero-order chi connectivity index (χ0) is 13.2. The molecule has 0 bridgehead atoms. The fraction of sp³-hybridized carbons (Fsp3) is 0.231. The summed E-state index contributed by atoms with van der Waals surface area (Å²) in [6, 6.07) is 5.47. The molecule has 1 aliphatic rings. The van der Waals surface area contributed by atoms with Gasteiger partial charge in [0.15, 0.2) is 5.13 Å². The molecule has 3 rings (SSSR count). The van der Waals surface area contributed by atoms with E-state index in [2.05, 4.69) is 10.3 Å². The van der Waals surface area contributed by atoms with Crippen LogP contribution in [0.4, 0.5) is 5.13 Å². The summed E-state index contributed by atoms with van der Waals surface area (Å²) in [7, 11) is 0. The van der Waals surface area contributed by atoms with Gasteiger partial charge in [-0.15, -0.1) is 11.3 Å². The Morgan fingerprint density at radius 3 is 3.21 bits per heavy atom. The van der Waals surface area contributed by atoms with Crippen LogP contribution in [-0.2, 0) is 11.2 Å². The number of benzene rings is 1. The molecule has 1 aromatic carbocycles. The van der Waals surface area contributed by atoms with E-state index in [0.717, 1.165) is 11.3 Å². The number of amides is 1. The van der Waals surface area contributed by atoms with Crippen molar-refractivity contribution in [2.75, 3.05) is 11.9 Å². The number of ether oxygens (including phenoxy) is 1. The Bertz CT molecular complexity index is 601. The first-order valence-corrected chi connectivity index (χ1v) is 7.10. The van der Waals surface area contributed by atoms with Gasteiger partial charge in [0, 0.05) is 16.6 Å². The molecule has 0 saturated heterocycles. The number of anilines is 1. The van der Waals surface area contributed by atoms with Crippen LogP contribution in [0.2, 0.25) is 5.02 Å². The minimum atomic E-state index is -0.213. The van der Waals surface area contributed by atoms with E-state index in [1.807, 2.05) is 17.5 Å². The highest BCUT2D eigenvalue weighted by atomic mass is 35.5. The molecule has 1 atom stereocenters. The van der Waals surface area contributed by atoms with Crippen LogP contribution in [0.1, 0.15) is 5.56 Å². The molecule has 0 aliphatic carbocycles. The van der Waals surface area contributed by atoms with Crippen molar-refractivity contribution in [1.29, 1.82) is 0 Å². The van der Waals surface area contributed by atoms with Gasteiger partial charge in [0.2, 0.25) is 5.91 Å². The fourth-order valence-corrected chi connectivity index (χ4v) is 2.75. The normalized spacial score (nSPS) is 17.4. The van der Waals surface area contributed by atoms with Gasteiger partial charge in [0.1, 0.15) is 12.4 Å². The quantitative estimate of drug-likeness (QED) is 0.926. The van der Waals surface area contributed by atoms with Crippen LogP contribution in [0.15, 0.2) is 29.8 Å². The summed E-state index contributed by atoms with van der Waals surface area (Å²) in [5.41, 5.74) is 0.970. The Hall–Kier alpha value is -1.59. The van der Waals surface area contributed by atoms with E-state index >= 15 is 0 Å². The summed E-state index contributed by atoms with van der Waals surface area (Å²) in [4.78, 5) is 16.1. The third-order valence-electron chi connectivity index (χ3n) is 2.96. The van der Waals surface area contributed by atoms with E-state index < -0.39 is 0 Å². The van der Waals surface area contributed by atoms with Crippen molar-refractivity contribution >= 4 is 34.0 Å². The standard InChI is InChI=1S/C13H11ClN2O2S/c14-10-1-2-11-8(6-10)5-9(7-18-11)12(17)16-13-15-3-4-19-13/h1-4,6,9H,5,7H2,(H,15,16,17)/t9-/m0/s1. The van der Waals surface area contributed by atoms with Gasteiger partial charge in [-0.05, 0) is 30.2 Å². The van der Waals surface area contributed by atoms with E-state index in [4.69, 9.17) is 16.3 Å². The first-order valence-electron chi connectivity index (χ1n) is 5.84. The summed E-state index contributed by atoms with van der Waals surface area (Å²) >= 11 is 7.35. The van der Waals surface area contributed by atoms with Crippen molar-refractivity contribution in [3.8, 4) is 5.75 Å². The molecule has 19 heavy (non-hydrogen) atoms. The zero-order valence-electron chi connectivity index (χ0n) is 9.93. The minimum absolute atomic E-state index is 0.0689. The van der Waals surface area contributed by atoms with Crippen molar-refractivity contribution in [1.82, 2.24) is 4.98 Å². The molecule has 1 aromatic heterocycles. The van der Waals surface area contributed by atoms with Gasteiger partial charge < -0.3 is 10.1 Å². The van der Waals surface area contributed by atoms with Crippen molar-refractivity contribution < 1.29 is 9.53 Å². The largest absolute Gasteiger partial charge is 0.492 e. The number of halogens is 1. The van der Waals surface area contributed by atoms with Gasteiger partial charge >= 0.3 is 0 Å². The lowest BCUT2D eigenvalue weighted by molar-refractivity contribution is -0.121. The van der Waals surface area contributed by atoms with Gasteiger partial charge in [0.25, 0.3) is 0 Å². The molecule has 2 aromatic rings. The fourth-order valence-electron chi connectivity index (χ4n) is 2.02. The number of hydrogen-bond acceptors (Lipinski definition) is 4. The summed E-state index contributed by atoms with van der Waals surface area (Å²) in [6.07, 6.45) is 2.29. The number of nitrogens with zero attached hydrogens (tertiary/aromatic N) is 1. The summed E-state index contributed by atoms with van der Waals surface area (Å²) in [5, 5.41) is 5.88. The smallest absolute Gasteiger partial charge is 0.233 e. The highest BCUT2D eigenvalue weighted by Crippen LogP contribution is 2.30. The van der Waals surface area contributed by atoms with Crippen molar-refractivity contribution in [3.63, 3.8) is 0 Å². The first-order chi connectivity index (χ1) is 9.22. The molecule has 0 fully saturated rings. The van der Waals surface area contributed by atoms with Crippen molar-refractivity contribution in [2.24, 2.45) is 5.92 Å². The van der Waals surface area contributed by atoms with Crippen LogP contribution in [0, 0.1) is 5.92 Å². The van der Waals surface area contributed by atoms with Gasteiger partial charge in [-0.1, -0.05) is 11.6 Å². The molecule has 2 heterocycles. The average Bonchev–Trinajstić information content (AvgIpc) is 2.90. The number of carbonyl (C=O) groups is 1. The second-order valence-corrected chi connectivity index (χ2v) is 5.62.